The van der Waals surface area contributed by atoms with Gasteiger partial charge in [-0.25, -0.2) is 0 Å². The Kier molecular flexibility index (Phi) is 3.83. The molecular formula is C16H17F3N2O2. The Morgan fingerprint density at radius 2 is 2.09 bits per heavy atom. The molecule has 0 bridgehead atoms. The predicted octanol–water partition coefficient (Wildman–Crippen LogP) is 2.25. The van der Waals surface area contributed by atoms with E-state index in [2.05, 4.69) is 4.90 Å². The minimum Gasteiger partial charge on any atom is -0.467 e. The third kappa shape index (κ3) is 2.93. The van der Waals surface area contributed by atoms with Crippen molar-refractivity contribution in [1.82, 2.24) is 4.90 Å². The number of ether oxygens (including phenoxy) is 1. The molecule has 1 saturated heterocycles. The van der Waals surface area contributed by atoms with Gasteiger partial charge in [-0.3, -0.25) is 4.79 Å². The molecule has 2 N–H and O–H groups in total. The fourth-order valence-corrected chi connectivity index (χ4v) is 3.17. The summed E-state index contributed by atoms with van der Waals surface area (Å²) in [5.41, 5.74) is 5.18. The van der Waals surface area contributed by atoms with Gasteiger partial charge in [0.1, 0.15) is 0 Å². The lowest BCUT2D eigenvalue weighted by molar-refractivity contribution is -0.137. The lowest BCUT2D eigenvalue weighted by Crippen LogP contribution is -2.30. The molecule has 1 fully saturated rings. The molecule has 0 aliphatic carbocycles. The highest BCUT2D eigenvalue weighted by Gasteiger charge is 2.42. The summed E-state index contributed by atoms with van der Waals surface area (Å²) in [6.45, 7) is 1.57. The first-order chi connectivity index (χ1) is 10.8. The number of benzene rings is 1. The average molecular weight is 326 g/mol. The second-order valence-corrected chi connectivity index (χ2v) is 6.03. The summed E-state index contributed by atoms with van der Waals surface area (Å²) in [6, 6.07) is 4.61. The van der Waals surface area contributed by atoms with Crippen LogP contribution in [0.2, 0.25) is 0 Å². The van der Waals surface area contributed by atoms with Crippen molar-refractivity contribution in [3.8, 4) is 0 Å². The summed E-state index contributed by atoms with van der Waals surface area (Å²) < 4.78 is 44.0. The van der Waals surface area contributed by atoms with Gasteiger partial charge in [-0.2, -0.15) is 13.2 Å². The number of ketones is 1. The number of carbonyl (C=O) groups is 1. The van der Waals surface area contributed by atoms with Crippen molar-refractivity contribution >= 4 is 11.4 Å². The smallest absolute Gasteiger partial charge is 0.416 e. The molecule has 2 atom stereocenters. The van der Waals surface area contributed by atoms with Crippen LogP contribution in [0, 0.1) is 5.92 Å². The summed E-state index contributed by atoms with van der Waals surface area (Å²) >= 11 is 0. The fraction of sp³-hybridized carbons (Fsp3) is 0.438. The fourth-order valence-electron chi connectivity index (χ4n) is 3.17. The lowest BCUT2D eigenvalue weighted by atomic mass is 9.92. The maximum absolute atomic E-state index is 12.8. The van der Waals surface area contributed by atoms with Gasteiger partial charge in [0.15, 0.2) is 12.0 Å². The largest absolute Gasteiger partial charge is 0.467 e. The number of rotatable bonds is 2. The number of hydrogen-bond donors (Lipinski definition) is 1. The van der Waals surface area contributed by atoms with Crippen LogP contribution in [-0.2, 0) is 15.7 Å². The van der Waals surface area contributed by atoms with Gasteiger partial charge < -0.3 is 15.4 Å². The first-order valence-electron chi connectivity index (χ1n) is 7.34. The molecule has 23 heavy (non-hydrogen) atoms. The van der Waals surface area contributed by atoms with Crippen LogP contribution < -0.4 is 5.73 Å². The molecule has 0 amide bonds. The normalized spacial score (nSPS) is 26.0. The predicted molar refractivity (Wildman–Crippen MR) is 78.0 cm³/mol. The molecular weight excluding hydrogens is 309 g/mol. The number of carbonyl (C=O) groups excluding carboxylic acids is 1. The first kappa shape index (κ1) is 15.9. The van der Waals surface area contributed by atoms with Gasteiger partial charge in [0.05, 0.1) is 11.1 Å². The third-order valence-electron chi connectivity index (χ3n) is 4.34. The third-order valence-corrected chi connectivity index (χ3v) is 4.34. The molecule has 1 aromatic rings. The van der Waals surface area contributed by atoms with Gasteiger partial charge in [0.2, 0.25) is 5.78 Å². The zero-order valence-electron chi connectivity index (χ0n) is 12.6. The SMILES string of the molecule is CN1CCC(C2OC(N)=C(c3cccc(C(F)(F)F)c3)C2=O)C1. The summed E-state index contributed by atoms with van der Waals surface area (Å²) in [4.78, 5) is 14.7. The summed E-state index contributed by atoms with van der Waals surface area (Å²) in [5, 5.41) is 0. The van der Waals surface area contributed by atoms with Crippen LogP contribution in [-0.4, -0.2) is 36.9 Å². The number of likely N-dealkylation sites (tertiary alicyclic amines) is 1. The quantitative estimate of drug-likeness (QED) is 0.906. The molecule has 2 unspecified atom stereocenters. The summed E-state index contributed by atoms with van der Waals surface area (Å²) in [7, 11) is 1.95. The number of hydrogen-bond acceptors (Lipinski definition) is 4. The Labute approximate surface area is 131 Å². The highest BCUT2D eigenvalue weighted by Crippen LogP contribution is 2.36. The monoisotopic (exact) mass is 326 g/mol. The van der Waals surface area contributed by atoms with Crippen molar-refractivity contribution in [3.05, 3.63) is 41.3 Å². The highest BCUT2D eigenvalue weighted by molar-refractivity contribution is 6.25. The molecule has 2 heterocycles. The molecule has 0 radical (unpaired) electrons. The molecule has 2 aliphatic heterocycles. The van der Waals surface area contributed by atoms with Crippen molar-refractivity contribution < 1.29 is 22.7 Å². The zero-order chi connectivity index (χ0) is 16.8. The van der Waals surface area contributed by atoms with Gasteiger partial charge >= 0.3 is 6.18 Å². The molecule has 124 valence electrons. The van der Waals surface area contributed by atoms with Crippen LogP contribution >= 0.6 is 0 Å². The Morgan fingerprint density at radius 3 is 2.70 bits per heavy atom. The van der Waals surface area contributed by atoms with E-state index in [0.29, 0.717) is 6.54 Å². The molecule has 4 nitrogen and oxygen atoms in total. The van der Waals surface area contributed by atoms with E-state index in [-0.39, 0.29) is 28.7 Å². The van der Waals surface area contributed by atoms with E-state index in [9.17, 15) is 18.0 Å². The zero-order valence-corrected chi connectivity index (χ0v) is 12.6. The van der Waals surface area contributed by atoms with Crippen molar-refractivity contribution in [3.63, 3.8) is 0 Å². The molecule has 7 heteroatoms. The highest BCUT2D eigenvalue weighted by atomic mass is 19.4. The molecule has 0 aromatic heterocycles. The van der Waals surface area contributed by atoms with Crippen LogP contribution in [0.3, 0.4) is 0 Å². The molecule has 1 aromatic carbocycles. The minimum absolute atomic E-state index is 0.00866. The number of halogens is 3. The number of nitrogens with zero attached hydrogens (tertiary/aromatic N) is 1. The first-order valence-corrected chi connectivity index (χ1v) is 7.34. The summed E-state index contributed by atoms with van der Waals surface area (Å²) in [5.74, 6) is -0.412. The second kappa shape index (κ2) is 5.56. The van der Waals surface area contributed by atoms with Crippen LogP contribution in [0.4, 0.5) is 13.2 Å². The van der Waals surface area contributed by atoms with Crippen molar-refractivity contribution in [2.45, 2.75) is 18.7 Å². The van der Waals surface area contributed by atoms with Crippen LogP contribution in [0.1, 0.15) is 17.5 Å². The van der Waals surface area contributed by atoms with Gasteiger partial charge in [0, 0.05) is 12.5 Å². The van der Waals surface area contributed by atoms with E-state index in [1.54, 1.807) is 0 Å². The molecule has 0 spiro atoms. The van der Waals surface area contributed by atoms with E-state index in [1.165, 1.54) is 12.1 Å². The van der Waals surface area contributed by atoms with E-state index in [0.717, 1.165) is 25.1 Å². The topological polar surface area (TPSA) is 55.6 Å². The van der Waals surface area contributed by atoms with Crippen LogP contribution in [0.25, 0.3) is 5.57 Å². The van der Waals surface area contributed by atoms with E-state index < -0.39 is 17.8 Å². The minimum atomic E-state index is -4.47. The van der Waals surface area contributed by atoms with Gasteiger partial charge in [0.25, 0.3) is 0 Å². The van der Waals surface area contributed by atoms with Crippen molar-refractivity contribution in [1.29, 1.82) is 0 Å². The van der Waals surface area contributed by atoms with E-state index in [1.807, 2.05) is 7.05 Å². The maximum Gasteiger partial charge on any atom is 0.416 e. The van der Waals surface area contributed by atoms with E-state index >= 15 is 0 Å². The maximum atomic E-state index is 12.8. The van der Waals surface area contributed by atoms with Gasteiger partial charge in [-0.05, 0) is 37.7 Å². The van der Waals surface area contributed by atoms with Crippen LogP contribution in [0.15, 0.2) is 30.1 Å². The van der Waals surface area contributed by atoms with E-state index in [4.69, 9.17) is 10.5 Å². The number of nitrogens with two attached hydrogens (primary N) is 1. The Morgan fingerprint density at radius 1 is 1.35 bits per heavy atom. The van der Waals surface area contributed by atoms with Crippen molar-refractivity contribution in [2.75, 3.05) is 20.1 Å². The Hall–Kier alpha value is -2.02. The Bertz CT molecular complexity index is 670. The molecule has 3 rings (SSSR count). The Balaban J connectivity index is 1.88. The lowest BCUT2D eigenvalue weighted by Gasteiger charge is -2.17. The van der Waals surface area contributed by atoms with Gasteiger partial charge in [-0.1, -0.05) is 12.1 Å². The number of alkyl halides is 3. The van der Waals surface area contributed by atoms with Crippen LogP contribution in [0.5, 0.6) is 0 Å². The molecule has 2 aliphatic rings. The number of Topliss-reactive ketones (excluding diaryl/α,β-unsaturated/α-hetero) is 1. The molecule has 0 saturated carbocycles. The van der Waals surface area contributed by atoms with Crippen molar-refractivity contribution in [2.24, 2.45) is 11.7 Å². The average Bonchev–Trinajstić information content (AvgIpc) is 3.02. The standard InChI is InChI=1S/C16H17F3N2O2/c1-21-6-5-10(8-21)14-13(22)12(15(20)23-14)9-3-2-4-11(7-9)16(17,18)19/h2-4,7,10,14H,5-6,8,20H2,1H3. The summed E-state index contributed by atoms with van der Waals surface area (Å²) in [6.07, 6.45) is -4.37. The van der Waals surface area contributed by atoms with Gasteiger partial charge in [-0.15, -0.1) is 0 Å². The second-order valence-electron chi connectivity index (χ2n) is 6.03.